The molecule has 0 saturated carbocycles. The highest BCUT2D eigenvalue weighted by molar-refractivity contribution is 7.16. The molecule has 9 nitrogen and oxygen atoms in total. The van der Waals surface area contributed by atoms with Gasteiger partial charge in [-0.3, -0.25) is 9.59 Å². The van der Waals surface area contributed by atoms with Crippen LogP contribution in [-0.2, 0) is 35.5 Å². The zero-order valence-corrected chi connectivity index (χ0v) is 20.6. The van der Waals surface area contributed by atoms with Crippen LogP contribution in [0.1, 0.15) is 34.4 Å². The Kier molecular flexibility index (Phi) is 7.67. The summed E-state index contributed by atoms with van der Waals surface area (Å²) in [4.78, 5) is 32.2. The molecule has 1 aliphatic heterocycles. The van der Waals surface area contributed by atoms with Crippen LogP contribution in [0.2, 0.25) is 0 Å². The molecule has 0 unspecified atom stereocenters. The monoisotopic (exact) mass is 493 g/mol. The Balaban J connectivity index is 1.39. The van der Waals surface area contributed by atoms with E-state index in [0.717, 1.165) is 16.0 Å². The fourth-order valence-electron chi connectivity index (χ4n) is 4.14. The minimum Gasteiger partial charge on any atom is -0.497 e. The van der Waals surface area contributed by atoms with E-state index >= 15 is 0 Å². The summed E-state index contributed by atoms with van der Waals surface area (Å²) in [6, 6.07) is 7.73. The smallest absolute Gasteiger partial charge is 0.225 e. The van der Waals surface area contributed by atoms with E-state index in [4.69, 9.17) is 9.47 Å². The number of carbonyl (C=O) groups excluding carboxylic acids is 2. The number of hydrogen-bond donors (Lipinski definition) is 1. The van der Waals surface area contributed by atoms with Crippen molar-refractivity contribution < 1.29 is 19.1 Å². The Bertz CT molecular complexity index is 1250. The SMILES string of the molecule is COc1ccc(OC)c(CCC(=O)Nc2sc3c(c2C#N)CCN(C(=O)CCn2ccnc2)C3)c1. The molecule has 0 saturated heterocycles. The Hall–Kier alpha value is -3.84. The van der Waals surface area contributed by atoms with Crippen LogP contribution in [0.4, 0.5) is 5.00 Å². The number of carbonyl (C=O) groups is 2. The van der Waals surface area contributed by atoms with E-state index in [9.17, 15) is 14.9 Å². The first-order valence-corrected chi connectivity index (χ1v) is 12.1. The molecular formula is C25H27N5O4S. The molecule has 0 atom stereocenters. The van der Waals surface area contributed by atoms with Crippen molar-refractivity contribution >= 4 is 28.2 Å². The third kappa shape index (κ3) is 5.63. The average molecular weight is 494 g/mol. The number of nitriles is 1. The molecular weight excluding hydrogens is 466 g/mol. The molecule has 1 aromatic carbocycles. The second kappa shape index (κ2) is 11.1. The van der Waals surface area contributed by atoms with Gasteiger partial charge in [-0.25, -0.2) is 4.98 Å². The molecule has 182 valence electrons. The first kappa shape index (κ1) is 24.3. The van der Waals surface area contributed by atoms with Crippen LogP contribution in [0.3, 0.4) is 0 Å². The van der Waals surface area contributed by atoms with Gasteiger partial charge in [0.1, 0.15) is 22.6 Å². The number of rotatable bonds is 9. The Morgan fingerprint density at radius 3 is 2.83 bits per heavy atom. The number of hydrogen-bond acceptors (Lipinski definition) is 7. The summed E-state index contributed by atoms with van der Waals surface area (Å²) in [7, 11) is 3.18. The average Bonchev–Trinajstić information content (AvgIpc) is 3.52. The number of benzene rings is 1. The van der Waals surface area contributed by atoms with Crippen molar-refractivity contribution in [2.45, 2.75) is 38.8 Å². The molecule has 1 aliphatic rings. The van der Waals surface area contributed by atoms with Crippen molar-refractivity contribution in [2.24, 2.45) is 0 Å². The lowest BCUT2D eigenvalue weighted by Crippen LogP contribution is -2.35. The highest BCUT2D eigenvalue weighted by Gasteiger charge is 2.27. The minimum absolute atomic E-state index is 0.0640. The van der Waals surface area contributed by atoms with Crippen LogP contribution >= 0.6 is 11.3 Å². The molecule has 3 aromatic rings. The molecule has 10 heteroatoms. The second-order valence-electron chi connectivity index (χ2n) is 8.16. The Morgan fingerprint density at radius 2 is 2.11 bits per heavy atom. The molecule has 2 aromatic heterocycles. The van der Waals surface area contributed by atoms with Gasteiger partial charge in [0, 0.05) is 43.2 Å². The first-order valence-electron chi connectivity index (χ1n) is 11.3. The van der Waals surface area contributed by atoms with Crippen LogP contribution in [-0.4, -0.2) is 47.0 Å². The number of nitrogens with one attached hydrogen (secondary N) is 1. The maximum atomic E-state index is 12.7. The van der Waals surface area contributed by atoms with Gasteiger partial charge in [0.25, 0.3) is 0 Å². The minimum atomic E-state index is -0.182. The van der Waals surface area contributed by atoms with E-state index in [-0.39, 0.29) is 18.2 Å². The van der Waals surface area contributed by atoms with Crippen molar-refractivity contribution in [2.75, 3.05) is 26.1 Å². The van der Waals surface area contributed by atoms with Gasteiger partial charge in [-0.15, -0.1) is 11.3 Å². The predicted molar refractivity (Wildman–Crippen MR) is 131 cm³/mol. The molecule has 0 spiro atoms. The lowest BCUT2D eigenvalue weighted by molar-refractivity contribution is -0.132. The quantitative estimate of drug-likeness (QED) is 0.489. The molecule has 35 heavy (non-hydrogen) atoms. The summed E-state index contributed by atoms with van der Waals surface area (Å²) in [5.41, 5.74) is 2.31. The summed E-state index contributed by atoms with van der Waals surface area (Å²) in [6.45, 7) is 1.59. The normalized spacial score (nSPS) is 12.5. The van der Waals surface area contributed by atoms with Crippen molar-refractivity contribution in [1.29, 1.82) is 5.26 Å². The number of methoxy groups -OCH3 is 2. The standard InChI is InChI=1S/C25H27N5O4S/c1-33-18-4-5-21(34-2)17(13-18)3-6-23(31)28-25-20(14-26)19-7-11-30(15-22(19)35-25)24(32)8-10-29-12-9-27-16-29/h4-5,9,12-13,16H,3,6-8,10-11,15H2,1-2H3,(H,28,31). The lowest BCUT2D eigenvalue weighted by atomic mass is 10.0. The molecule has 4 rings (SSSR count). The van der Waals surface area contributed by atoms with Crippen molar-refractivity contribution in [3.8, 4) is 17.6 Å². The van der Waals surface area contributed by atoms with Crippen LogP contribution in [0, 0.1) is 11.3 Å². The zero-order valence-electron chi connectivity index (χ0n) is 19.7. The second-order valence-corrected chi connectivity index (χ2v) is 9.27. The van der Waals surface area contributed by atoms with E-state index in [2.05, 4.69) is 16.4 Å². The maximum absolute atomic E-state index is 12.7. The topological polar surface area (TPSA) is 109 Å². The number of aromatic nitrogens is 2. The molecule has 2 amide bonds. The van der Waals surface area contributed by atoms with Crippen LogP contribution in [0.25, 0.3) is 0 Å². The van der Waals surface area contributed by atoms with Crippen LogP contribution < -0.4 is 14.8 Å². The molecule has 0 fully saturated rings. The number of ether oxygens (including phenoxy) is 2. The van der Waals surface area contributed by atoms with E-state index in [1.165, 1.54) is 11.3 Å². The number of nitrogens with zero attached hydrogens (tertiary/aromatic N) is 4. The lowest BCUT2D eigenvalue weighted by Gasteiger charge is -2.27. The first-order chi connectivity index (χ1) is 17.0. The number of aryl methyl sites for hydroxylation is 2. The van der Waals surface area contributed by atoms with Crippen molar-refractivity contribution in [3.63, 3.8) is 0 Å². The van der Waals surface area contributed by atoms with E-state index < -0.39 is 0 Å². The van der Waals surface area contributed by atoms with Gasteiger partial charge in [0.15, 0.2) is 0 Å². The molecule has 0 radical (unpaired) electrons. The van der Waals surface area contributed by atoms with Crippen molar-refractivity contribution in [1.82, 2.24) is 14.5 Å². The van der Waals surface area contributed by atoms with Gasteiger partial charge in [-0.1, -0.05) is 0 Å². The van der Waals surface area contributed by atoms with Gasteiger partial charge in [0.2, 0.25) is 11.8 Å². The largest absolute Gasteiger partial charge is 0.497 e. The van der Waals surface area contributed by atoms with E-state index in [1.807, 2.05) is 33.9 Å². The highest BCUT2D eigenvalue weighted by atomic mass is 32.1. The van der Waals surface area contributed by atoms with E-state index in [0.29, 0.717) is 61.0 Å². The number of amides is 2. The number of thiophene rings is 1. The third-order valence-electron chi connectivity index (χ3n) is 6.03. The summed E-state index contributed by atoms with van der Waals surface area (Å²) >= 11 is 1.38. The van der Waals surface area contributed by atoms with Crippen molar-refractivity contribution in [3.05, 3.63) is 58.5 Å². The molecule has 0 bridgehead atoms. The van der Waals surface area contributed by atoms with Gasteiger partial charge in [0.05, 0.1) is 32.7 Å². The Labute approximate surface area is 207 Å². The zero-order chi connectivity index (χ0) is 24.8. The summed E-state index contributed by atoms with van der Waals surface area (Å²) in [5.74, 6) is 1.27. The van der Waals surface area contributed by atoms with E-state index in [1.54, 1.807) is 26.7 Å². The summed E-state index contributed by atoms with van der Waals surface area (Å²) in [5, 5.41) is 13.2. The fourth-order valence-corrected chi connectivity index (χ4v) is 5.37. The van der Waals surface area contributed by atoms with Gasteiger partial charge in [-0.05, 0) is 42.2 Å². The number of imidazole rings is 1. The van der Waals surface area contributed by atoms with Gasteiger partial charge < -0.3 is 24.3 Å². The third-order valence-corrected chi connectivity index (χ3v) is 7.16. The number of anilines is 1. The summed E-state index contributed by atoms with van der Waals surface area (Å²) in [6.07, 6.45) is 6.91. The highest BCUT2D eigenvalue weighted by Crippen LogP contribution is 2.37. The predicted octanol–water partition coefficient (Wildman–Crippen LogP) is 3.38. The molecule has 1 N–H and O–H groups in total. The molecule has 0 aliphatic carbocycles. The summed E-state index contributed by atoms with van der Waals surface area (Å²) < 4.78 is 12.5. The van der Waals surface area contributed by atoms with Crippen LogP contribution in [0.15, 0.2) is 36.9 Å². The van der Waals surface area contributed by atoms with Gasteiger partial charge in [-0.2, -0.15) is 5.26 Å². The number of fused-ring (bicyclic) bond motifs is 1. The maximum Gasteiger partial charge on any atom is 0.225 e. The molecule has 3 heterocycles. The fraction of sp³-hybridized carbons (Fsp3) is 0.360. The van der Waals surface area contributed by atoms with Gasteiger partial charge >= 0.3 is 0 Å². The van der Waals surface area contributed by atoms with Crippen LogP contribution in [0.5, 0.6) is 11.5 Å². The Morgan fingerprint density at radius 1 is 1.26 bits per heavy atom.